The molecule has 0 aliphatic rings. The van der Waals surface area contributed by atoms with Crippen LogP contribution >= 0.6 is 11.3 Å². The molecule has 112 valence electrons. The zero-order chi connectivity index (χ0) is 15.4. The van der Waals surface area contributed by atoms with Crippen LogP contribution in [0.25, 0.3) is 10.6 Å². The quantitative estimate of drug-likeness (QED) is 0.699. The smallest absolute Gasteiger partial charge is 0.123 e. The number of nitrogens with zero attached hydrogens (tertiary/aromatic N) is 1. The van der Waals surface area contributed by atoms with Crippen LogP contribution in [0.3, 0.4) is 0 Å². The zero-order valence-electron chi connectivity index (χ0n) is 12.6. The molecule has 3 nitrogen and oxygen atoms in total. The van der Waals surface area contributed by atoms with Crippen molar-refractivity contribution in [2.24, 2.45) is 0 Å². The van der Waals surface area contributed by atoms with Gasteiger partial charge in [-0.1, -0.05) is 30.3 Å². The Kier molecular flexibility index (Phi) is 4.39. The minimum atomic E-state index is 0.772. The monoisotopic (exact) mass is 311 g/mol. The van der Waals surface area contributed by atoms with E-state index in [0.717, 1.165) is 28.5 Å². The number of benzene rings is 2. The average molecular weight is 311 g/mol. The van der Waals surface area contributed by atoms with Gasteiger partial charge >= 0.3 is 0 Å². The summed E-state index contributed by atoms with van der Waals surface area (Å²) in [5.41, 5.74) is 2.31. The van der Waals surface area contributed by atoms with Gasteiger partial charge in [-0.05, 0) is 17.7 Å². The van der Waals surface area contributed by atoms with Crippen LogP contribution in [0.2, 0.25) is 0 Å². The Balaban J connectivity index is 1.87. The maximum atomic E-state index is 5.32. The number of aromatic nitrogens is 1. The Morgan fingerprint density at radius 2 is 1.64 bits per heavy atom. The lowest BCUT2D eigenvalue weighted by atomic mass is 10.1. The lowest BCUT2D eigenvalue weighted by Gasteiger charge is -2.06. The van der Waals surface area contributed by atoms with Crippen LogP contribution in [-0.4, -0.2) is 19.2 Å². The molecular weight excluding hydrogens is 294 g/mol. The van der Waals surface area contributed by atoms with Gasteiger partial charge in [-0.3, -0.25) is 0 Å². The average Bonchev–Trinajstić information content (AvgIpc) is 3.03. The molecular formula is C18H17NO2S. The van der Waals surface area contributed by atoms with Gasteiger partial charge in [0, 0.05) is 29.1 Å². The third kappa shape index (κ3) is 3.28. The van der Waals surface area contributed by atoms with Gasteiger partial charge in [0.2, 0.25) is 0 Å². The third-order valence-corrected chi connectivity index (χ3v) is 4.42. The van der Waals surface area contributed by atoms with Gasteiger partial charge in [0.05, 0.1) is 14.2 Å². The van der Waals surface area contributed by atoms with Crippen LogP contribution < -0.4 is 9.47 Å². The predicted octanol–water partition coefficient (Wildman–Crippen LogP) is 4.42. The highest BCUT2D eigenvalue weighted by atomic mass is 32.1. The normalized spacial score (nSPS) is 10.5. The maximum Gasteiger partial charge on any atom is 0.123 e. The van der Waals surface area contributed by atoms with E-state index in [4.69, 9.17) is 9.47 Å². The van der Waals surface area contributed by atoms with Crippen molar-refractivity contribution in [2.45, 2.75) is 6.42 Å². The van der Waals surface area contributed by atoms with Crippen molar-refractivity contribution in [2.75, 3.05) is 14.2 Å². The van der Waals surface area contributed by atoms with Gasteiger partial charge < -0.3 is 9.47 Å². The van der Waals surface area contributed by atoms with E-state index in [0.29, 0.717) is 0 Å². The van der Waals surface area contributed by atoms with Crippen molar-refractivity contribution in [1.29, 1.82) is 0 Å². The molecule has 0 atom stereocenters. The second-order valence-corrected chi connectivity index (χ2v) is 6.01. The largest absolute Gasteiger partial charge is 0.497 e. The van der Waals surface area contributed by atoms with E-state index in [1.54, 1.807) is 25.6 Å². The van der Waals surface area contributed by atoms with Crippen molar-refractivity contribution in [3.8, 4) is 22.1 Å². The van der Waals surface area contributed by atoms with Crippen LogP contribution in [0.15, 0.2) is 54.7 Å². The molecule has 0 bridgehead atoms. The topological polar surface area (TPSA) is 31.4 Å². The zero-order valence-corrected chi connectivity index (χ0v) is 13.4. The molecule has 0 unspecified atom stereocenters. The summed E-state index contributed by atoms with van der Waals surface area (Å²) >= 11 is 1.70. The van der Waals surface area contributed by atoms with Crippen molar-refractivity contribution in [3.05, 3.63) is 65.2 Å². The van der Waals surface area contributed by atoms with Crippen molar-refractivity contribution in [1.82, 2.24) is 4.98 Å². The first kappa shape index (κ1) is 14.6. The maximum absolute atomic E-state index is 5.32. The van der Waals surface area contributed by atoms with Gasteiger partial charge in [0.25, 0.3) is 0 Å². The molecule has 1 heterocycles. The van der Waals surface area contributed by atoms with E-state index in [9.17, 15) is 0 Å². The van der Waals surface area contributed by atoms with Crippen LogP contribution in [0.5, 0.6) is 11.5 Å². The predicted molar refractivity (Wildman–Crippen MR) is 89.9 cm³/mol. The van der Waals surface area contributed by atoms with E-state index < -0.39 is 0 Å². The molecule has 0 amide bonds. The number of hydrogen-bond donors (Lipinski definition) is 0. The SMILES string of the molecule is COc1cc(OC)cc(-c2ncc(Cc3ccccc3)s2)c1. The molecule has 0 aliphatic carbocycles. The number of methoxy groups -OCH3 is 2. The van der Waals surface area contributed by atoms with Crippen molar-refractivity contribution < 1.29 is 9.47 Å². The first-order valence-corrected chi connectivity index (χ1v) is 7.82. The van der Waals surface area contributed by atoms with Crippen LogP contribution in [-0.2, 0) is 6.42 Å². The number of rotatable bonds is 5. The van der Waals surface area contributed by atoms with Gasteiger partial charge in [-0.2, -0.15) is 0 Å². The van der Waals surface area contributed by atoms with E-state index in [1.165, 1.54) is 10.4 Å². The highest BCUT2D eigenvalue weighted by Crippen LogP contribution is 2.32. The van der Waals surface area contributed by atoms with Crippen LogP contribution in [0, 0.1) is 0 Å². The van der Waals surface area contributed by atoms with Gasteiger partial charge in [-0.25, -0.2) is 4.98 Å². The fourth-order valence-electron chi connectivity index (χ4n) is 2.25. The summed E-state index contributed by atoms with van der Waals surface area (Å²) in [6.45, 7) is 0. The van der Waals surface area contributed by atoms with Gasteiger partial charge in [0.15, 0.2) is 0 Å². The summed E-state index contributed by atoms with van der Waals surface area (Å²) in [4.78, 5) is 5.78. The Morgan fingerprint density at radius 1 is 0.955 bits per heavy atom. The first-order valence-electron chi connectivity index (χ1n) is 7.00. The second-order valence-electron chi connectivity index (χ2n) is 4.90. The first-order chi connectivity index (χ1) is 10.8. The fraction of sp³-hybridized carbons (Fsp3) is 0.167. The Morgan fingerprint density at radius 3 is 2.27 bits per heavy atom. The third-order valence-electron chi connectivity index (χ3n) is 3.37. The molecule has 0 fully saturated rings. The molecule has 1 aromatic heterocycles. The van der Waals surface area contributed by atoms with Crippen molar-refractivity contribution >= 4 is 11.3 Å². The number of thiazole rings is 1. The number of hydrogen-bond acceptors (Lipinski definition) is 4. The van der Waals surface area contributed by atoms with Crippen LogP contribution in [0.4, 0.5) is 0 Å². The summed E-state index contributed by atoms with van der Waals surface area (Å²) in [5, 5.41) is 0.975. The van der Waals surface area contributed by atoms with E-state index in [2.05, 4.69) is 29.2 Å². The van der Waals surface area contributed by atoms with Gasteiger partial charge in [-0.15, -0.1) is 11.3 Å². The lowest BCUT2D eigenvalue weighted by molar-refractivity contribution is 0.394. The van der Waals surface area contributed by atoms with E-state index in [-0.39, 0.29) is 0 Å². The van der Waals surface area contributed by atoms with Crippen LogP contribution in [0.1, 0.15) is 10.4 Å². The summed E-state index contributed by atoms with van der Waals surface area (Å²) in [5.74, 6) is 1.54. The molecule has 0 aliphatic heterocycles. The summed E-state index contributed by atoms with van der Waals surface area (Å²) in [6, 6.07) is 16.2. The molecule has 2 aromatic carbocycles. The van der Waals surface area contributed by atoms with E-state index >= 15 is 0 Å². The minimum Gasteiger partial charge on any atom is -0.497 e. The van der Waals surface area contributed by atoms with E-state index in [1.807, 2.05) is 30.5 Å². The summed E-state index contributed by atoms with van der Waals surface area (Å²) in [6.07, 6.45) is 2.85. The second kappa shape index (κ2) is 6.62. The Hall–Kier alpha value is -2.33. The van der Waals surface area contributed by atoms with Gasteiger partial charge in [0.1, 0.15) is 16.5 Å². The summed E-state index contributed by atoms with van der Waals surface area (Å²) < 4.78 is 10.6. The Bertz CT molecular complexity index is 731. The number of ether oxygens (including phenoxy) is 2. The molecule has 3 aromatic rings. The molecule has 4 heteroatoms. The molecule has 0 N–H and O–H groups in total. The highest BCUT2D eigenvalue weighted by Gasteiger charge is 2.09. The fourth-order valence-corrected chi connectivity index (χ4v) is 3.18. The molecule has 0 spiro atoms. The summed E-state index contributed by atoms with van der Waals surface area (Å²) in [7, 11) is 3.31. The molecule has 0 saturated heterocycles. The van der Waals surface area contributed by atoms with Crippen molar-refractivity contribution in [3.63, 3.8) is 0 Å². The molecule has 3 rings (SSSR count). The minimum absolute atomic E-state index is 0.772. The lowest BCUT2D eigenvalue weighted by Crippen LogP contribution is -1.88. The molecule has 0 saturated carbocycles. The molecule has 22 heavy (non-hydrogen) atoms. The standard InChI is InChI=1S/C18H17NO2S/c1-20-15-9-14(10-16(11-15)21-2)18-19-12-17(22-18)8-13-6-4-3-5-7-13/h3-7,9-12H,8H2,1-2H3. The molecule has 0 radical (unpaired) electrons. The highest BCUT2D eigenvalue weighted by molar-refractivity contribution is 7.15. The Labute approximate surface area is 134 Å².